The molecule has 20 heavy (non-hydrogen) atoms. The summed E-state index contributed by atoms with van der Waals surface area (Å²) in [5, 5.41) is 22.5. The van der Waals surface area contributed by atoms with Crippen molar-refractivity contribution in [3.8, 4) is 0 Å². The number of nitro benzene ring substituents is 1. The molecule has 0 aromatic heterocycles. The smallest absolute Gasteiger partial charge is 0.306 e. The Balaban J connectivity index is 2.80. The van der Waals surface area contributed by atoms with Crippen LogP contribution >= 0.6 is 15.9 Å². The Morgan fingerprint density at radius 2 is 2.25 bits per heavy atom. The first-order valence-electron chi connectivity index (χ1n) is 5.78. The molecule has 0 radical (unpaired) electrons. The maximum Gasteiger partial charge on any atom is 0.306 e. The summed E-state index contributed by atoms with van der Waals surface area (Å²) >= 11 is 3.25. The Morgan fingerprint density at radius 1 is 1.60 bits per heavy atom. The van der Waals surface area contributed by atoms with Crippen LogP contribution in [0.5, 0.6) is 0 Å². The van der Waals surface area contributed by atoms with Gasteiger partial charge in [0.05, 0.1) is 17.4 Å². The van der Waals surface area contributed by atoms with E-state index in [9.17, 15) is 14.9 Å². The minimum atomic E-state index is -0.947. The van der Waals surface area contributed by atoms with Crippen LogP contribution < -0.4 is 5.32 Å². The lowest BCUT2D eigenvalue weighted by atomic mass is 10.1. The number of aryl methyl sites for hydroxylation is 1. The van der Waals surface area contributed by atoms with Crippen LogP contribution in [0.3, 0.4) is 0 Å². The number of hydrogen-bond acceptors (Lipinski definition) is 5. The van der Waals surface area contributed by atoms with Crippen LogP contribution in [0, 0.1) is 17.0 Å². The number of anilines is 1. The highest BCUT2D eigenvalue weighted by atomic mass is 79.9. The van der Waals surface area contributed by atoms with Crippen molar-refractivity contribution >= 4 is 33.3 Å². The highest BCUT2D eigenvalue weighted by Crippen LogP contribution is 2.30. The van der Waals surface area contributed by atoms with Gasteiger partial charge in [-0.3, -0.25) is 14.9 Å². The van der Waals surface area contributed by atoms with Gasteiger partial charge in [0.2, 0.25) is 0 Å². The van der Waals surface area contributed by atoms with Gasteiger partial charge in [-0.1, -0.05) is 0 Å². The number of carbonyl (C=O) groups is 1. The third-order valence-electron chi connectivity index (χ3n) is 2.74. The van der Waals surface area contributed by atoms with Crippen LogP contribution in [0.2, 0.25) is 0 Å². The molecular formula is C12H15BrN2O5. The second-order valence-corrected chi connectivity index (χ2v) is 5.07. The molecule has 0 aliphatic heterocycles. The molecule has 0 aliphatic carbocycles. The zero-order chi connectivity index (χ0) is 15.3. The fraction of sp³-hybridized carbons (Fsp3) is 0.417. The summed E-state index contributed by atoms with van der Waals surface area (Å²) in [6, 6.07) is 3.05. The van der Waals surface area contributed by atoms with E-state index in [1.165, 1.54) is 13.2 Å². The minimum Gasteiger partial charge on any atom is -0.481 e. The predicted molar refractivity (Wildman–Crippen MR) is 77.1 cm³/mol. The standard InChI is InChI=1S/C12H15BrN2O5/c1-7-3-10(9(13)5-11(7)15(18)19)14-6-8(20-2)4-12(16)17/h3,5,8,14H,4,6H2,1-2H3,(H,16,17). The Hall–Kier alpha value is -1.67. The zero-order valence-electron chi connectivity index (χ0n) is 11.1. The zero-order valence-corrected chi connectivity index (χ0v) is 12.6. The van der Waals surface area contributed by atoms with Gasteiger partial charge in [0.1, 0.15) is 0 Å². The molecule has 0 spiro atoms. The number of methoxy groups -OCH3 is 1. The van der Waals surface area contributed by atoms with Crippen LogP contribution in [0.4, 0.5) is 11.4 Å². The second-order valence-electron chi connectivity index (χ2n) is 4.21. The molecule has 0 saturated heterocycles. The fourth-order valence-corrected chi connectivity index (χ4v) is 2.13. The van der Waals surface area contributed by atoms with Gasteiger partial charge in [0, 0.05) is 35.4 Å². The largest absolute Gasteiger partial charge is 0.481 e. The quantitative estimate of drug-likeness (QED) is 0.581. The van der Waals surface area contributed by atoms with Crippen molar-refractivity contribution in [3.63, 3.8) is 0 Å². The molecule has 7 nitrogen and oxygen atoms in total. The van der Waals surface area contributed by atoms with Crippen molar-refractivity contribution in [1.29, 1.82) is 0 Å². The van der Waals surface area contributed by atoms with Crippen molar-refractivity contribution in [2.45, 2.75) is 19.4 Å². The molecule has 2 N–H and O–H groups in total. The third kappa shape index (κ3) is 4.46. The SMILES string of the molecule is COC(CNc1cc(C)c([N+](=O)[O-])cc1Br)CC(=O)O. The van der Waals surface area contributed by atoms with Gasteiger partial charge in [-0.25, -0.2) is 0 Å². The molecule has 0 bridgehead atoms. The molecule has 110 valence electrons. The number of ether oxygens (including phenoxy) is 1. The van der Waals surface area contributed by atoms with E-state index in [0.29, 0.717) is 22.3 Å². The second kappa shape index (κ2) is 7.20. The minimum absolute atomic E-state index is 0.0243. The predicted octanol–water partition coefficient (Wildman–Crippen LogP) is 2.57. The lowest BCUT2D eigenvalue weighted by Gasteiger charge is -2.16. The summed E-state index contributed by atoms with van der Waals surface area (Å²) in [7, 11) is 1.44. The number of rotatable bonds is 7. The Bertz CT molecular complexity index is 521. The van der Waals surface area contributed by atoms with Crippen molar-refractivity contribution in [2.24, 2.45) is 0 Å². The highest BCUT2D eigenvalue weighted by Gasteiger charge is 2.16. The number of nitrogens with one attached hydrogen (secondary N) is 1. The number of halogens is 1. The molecule has 0 aliphatic rings. The average molecular weight is 347 g/mol. The summed E-state index contributed by atoms with van der Waals surface area (Å²) in [5.41, 5.74) is 1.20. The van der Waals surface area contributed by atoms with E-state index in [4.69, 9.17) is 9.84 Å². The van der Waals surface area contributed by atoms with Gasteiger partial charge in [-0.05, 0) is 28.9 Å². The molecule has 0 amide bonds. The molecular weight excluding hydrogens is 332 g/mol. The van der Waals surface area contributed by atoms with Crippen molar-refractivity contribution in [3.05, 3.63) is 32.3 Å². The number of carboxylic acid groups (broad SMARTS) is 1. The summed E-state index contributed by atoms with van der Waals surface area (Å²) in [4.78, 5) is 21.0. The Morgan fingerprint density at radius 3 is 2.75 bits per heavy atom. The van der Waals surface area contributed by atoms with E-state index < -0.39 is 17.0 Å². The molecule has 1 rings (SSSR count). The highest BCUT2D eigenvalue weighted by molar-refractivity contribution is 9.10. The van der Waals surface area contributed by atoms with Gasteiger partial charge < -0.3 is 15.2 Å². The number of nitrogens with zero attached hydrogens (tertiary/aromatic N) is 1. The average Bonchev–Trinajstić information content (AvgIpc) is 2.36. The van der Waals surface area contributed by atoms with Crippen LogP contribution in [0.25, 0.3) is 0 Å². The molecule has 0 heterocycles. The maximum absolute atomic E-state index is 10.8. The number of nitro groups is 1. The van der Waals surface area contributed by atoms with E-state index >= 15 is 0 Å². The Kier molecular flexibility index (Phi) is 5.90. The normalized spacial score (nSPS) is 11.9. The van der Waals surface area contributed by atoms with Crippen molar-refractivity contribution in [2.75, 3.05) is 19.0 Å². The molecule has 1 aromatic carbocycles. The Labute approximate surface area is 124 Å². The number of hydrogen-bond donors (Lipinski definition) is 2. The van der Waals surface area contributed by atoms with Gasteiger partial charge in [-0.15, -0.1) is 0 Å². The van der Waals surface area contributed by atoms with E-state index in [1.807, 2.05) is 0 Å². The molecule has 1 unspecified atom stereocenters. The van der Waals surface area contributed by atoms with Crippen LogP contribution in [-0.4, -0.2) is 35.8 Å². The molecule has 0 fully saturated rings. The summed E-state index contributed by atoms with van der Waals surface area (Å²) in [6.07, 6.45) is -0.595. The molecule has 0 saturated carbocycles. The lowest BCUT2D eigenvalue weighted by Crippen LogP contribution is -2.25. The van der Waals surface area contributed by atoms with Crippen LogP contribution in [0.1, 0.15) is 12.0 Å². The first-order valence-corrected chi connectivity index (χ1v) is 6.57. The van der Waals surface area contributed by atoms with Gasteiger partial charge in [0.25, 0.3) is 5.69 Å². The van der Waals surface area contributed by atoms with E-state index in [0.717, 1.165) is 0 Å². The number of carboxylic acids is 1. The van der Waals surface area contributed by atoms with Gasteiger partial charge >= 0.3 is 5.97 Å². The number of benzene rings is 1. The monoisotopic (exact) mass is 346 g/mol. The van der Waals surface area contributed by atoms with Crippen LogP contribution in [-0.2, 0) is 9.53 Å². The number of aliphatic carboxylic acids is 1. The van der Waals surface area contributed by atoms with Crippen LogP contribution in [0.15, 0.2) is 16.6 Å². The summed E-state index contributed by atoms with van der Waals surface area (Å²) in [6.45, 7) is 1.93. The molecule has 1 aromatic rings. The first-order chi connectivity index (χ1) is 9.35. The third-order valence-corrected chi connectivity index (χ3v) is 3.39. The fourth-order valence-electron chi connectivity index (χ4n) is 1.66. The van der Waals surface area contributed by atoms with Gasteiger partial charge in [-0.2, -0.15) is 0 Å². The van der Waals surface area contributed by atoms with E-state index in [1.54, 1.807) is 13.0 Å². The summed E-state index contributed by atoms with van der Waals surface area (Å²) < 4.78 is 5.59. The van der Waals surface area contributed by atoms with E-state index in [2.05, 4.69) is 21.2 Å². The van der Waals surface area contributed by atoms with E-state index in [-0.39, 0.29) is 12.1 Å². The summed E-state index contributed by atoms with van der Waals surface area (Å²) in [5.74, 6) is -0.947. The van der Waals surface area contributed by atoms with Crippen molar-refractivity contribution in [1.82, 2.24) is 0 Å². The first kappa shape index (κ1) is 16.4. The molecule has 8 heteroatoms. The topological polar surface area (TPSA) is 102 Å². The lowest BCUT2D eigenvalue weighted by molar-refractivity contribution is -0.385. The van der Waals surface area contributed by atoms with Gasteiger partial charge in [0.15, 0.2) is 0 Å². The maximum atomic E-state index is 10.8. The van der Waals surface area contributed by atoms with Crippen molar-refractivity contribution < 1.29 is 19.6 Å². The molecule has 1 atom stereocenters.